The van der Waals surface area contributed by atoms with E-state index in [2.05, 4.69) is 4.90 Å². The summed E-state index contributed by atoms with van der Waals surface area (Å²) in [5.74, 6) is 0.193. The van der Waals surface area contributed by atoms with Gasteiger partial charge in [0.2, 0.25) is 0 Å². The molecular weight excluding hydrogens is 253 g/mol. The molecule has 0 spiro atoms. The Hall–Kier alpha value is -0.930. The van der Waals surface area contributed by atoms with E-state index in [1.54, 1.807) is 13.0 Å². The highest BCUT2D eigenvalue weighted by atomic mass is 35.5. The molecule has 0 saturated carbocycles. The van der Waals surface area contributed by atoms with Gasteiger partial charge in [0, 0.05) is 17.5 Å². The van der Waals surface area contributed by atoms with Crippen molar-refractivity contribution in [3.8, 4) is 0 Å². The summed E-state index contributed by atoms with van der Waals surface area (Å²) in [6, 6.07) is 4.51. The summed E-state index contributed by atoms with van der Waals surface area (Å²) in [6.07, 6.45) is 1.82. The van der Waals surface area contributed by atoms with Gasteiger partial charge in [-0.1, -0.05) is 17.7 Å². The molecule has 1 fully saturated rings. The second kappa shape index (κ2) is 5.81. The van der Waals surface area contributed by atoms with Crippen LogP contribution in [0.15, 0.2) is 18.2 Å². The fraction of sp³-hybridized carbons (Fsp3) is 0.500. The highest BCUT2D eigenvalue weighted by Crippen LogP contribution is 2.23. The van der Waals surface area contributed by atoms with Crippen molar-refractivity contribution >= 4 is 17.4 Å². The summed E-state index contributed by atoms with van der Waals surface area (Å²) < 4.78 is 12.9. The predicted molar refractivity (Wildman–Crippen MR) is 70.1 cm³/mol. The third-order valence-corrected chi connectivity index (χ3v) is 3.92. The lowest BCUT2D eigenvalue weighted by Crippen LogP contribution is -2.35. The van der Waals surface area contributed by atoms with Crippen LogP contribution in [0.25, 0.3) is 0 Å². The zero-order valence-electron chi connectivity index (χ0n) is 10.5. The third-order valence-electron chi connectivity index (χ3n) is 3.57. The minimum absolute atomic E-state index is 0.213. The molecule has 0 N–H and O–H groups in total. The molecule has 0 unspecified atom stereocenters. The summed E-state index contributed by atoms with van der Waals surface area (Å²) in [4.78, 5) is 13.5. The van der Waals surface area contributed by atoms with Crippen LogP contribution >= 0.6 is 11.6 Å². The fourth-order valence-corrected chi connectivity index (χ4v) is 2.62. The molecule has 1 aliphatic rings. The summed E-state index contributed by atoms with van der Waals surface area (Å²) >= 11 is 6.01. The molecule has 4 heteroatoms. The van der Waals surface area contributed by atoms with Crippen LogP contribution in [0.5, 0.6) is 0 Å². The van der Waals surface area contributed by atoms with Crippen molar-refractivity contribution < 1.29 is 9.18 Å². The number of hydrogen-bond donors (Lipinski definition) is 0. The summed E-state index contributed by atoms with van der Waals surface area (Å²) in [5.41, 5.74) is 0.944. The molecule has 0 atom stereocenters. The van der Waals surface area contributed by atoms with E-state index in [0.29, 0.717) is 5.02 Å². The van der Waals surface area contributed by atoms with Crippen molar-refractivity contribution in [2.45, 2.75) is 26.3 Å². The van der Waals surface area contributed by atoms with Crippen molar-refractivity contribution in [2.24, 2.45) is 5.92 Å². The number of nitrogens with zero attached hydrogens (tertiary/aromatic N) is 1. The van der Waals surface area contributed by atoms with Gasteiger partial charge < -0.3 is 0 Å². The molecule has 0 bridgehead atoms. The van der Waals surface area contributed by atoms with Gasteiger partial charge >= 0.3 is 0 Å². The van der Waals surface area contributed by atoms with Crippen molar-refractivity contribution in [2.75, 3.05) is 13.1 Å². The number of halogens is 2. The SMILES string of the molecule is CC(=O)C1CCN(Cc2ccc(F)cc2Cl)CC1. The van der Waals surface area contributed by atoms with Crippen LogP contribution in [0.4, 0.5) is 4.39 Å². The van der Waals surface area contributed by atoms with Gasteiger partial charge in [-0.15, -0.1) is 0 Å². The molecular formula is C14H17ClFNO. The van der Waals surface area contributed by atoms with Gasteiger partial charge in [-0.3, -0.25) is 9.69 Å². The van der Waals surface area contributed by atoms with E-state index in [0.717, 1.165) is 38.0 Å². The normalized spacial score (nSPS) is 17.9. The second-order valence-corrected chi connectivity index (χ2v) is 5.30. The van der Waals surface area contributed by atoms with Crippen LogP contribution in [0.3, 0.4) is 0 Å². The third kappa shape index (κ3) is 3.30. The molecule has 1 aromatic rings. The maximum Gasteiger partial charge on any atom is 0.133 e. The molecule has 18 heavy (non-hydrogen) atoms. The Morgan fingerprint density at radius 3 is 2.67 bits per heavy atom. The van der Waals surface area contributed by atoms with Gasteiger partial charge in [-0.2, -0.15) is 0 Å². The molecule has 1 aromatic carbocycles. The van der Waals surface area contributed by atoms with E-state index in [4.69, 9.17) is 11.6 Å². The second-order valence-electron chi connectivity index (χ2n) is 4.90. The molecule has 0 aliphatic carbocycles. The summed E-state index contributed by atoms with van der Waals surface area (Å²) in [7, 11) is 0. The number of ketones is 1. The number of carbonyl (C=O) groups is 1. The standard InChI is InChI=1S/C14H17ClFNO/c1-10(18)11-4-6-17(7-5-11)9-12-2-3-13(16)8-14(12)15/h2-3,8,11H,4-7,9H2,1H3. The molecule has 1 heterocycles. The first-order valence-corrected chi connectivity index (χ1v) is 6.61. The fourth-order valence-electron chi connectivity index (χ4n) is 2.39. The Morgan fingerprint density at radius 1 is 1.44 bits per heavy atom. The first-order chi connectivity index (χ1) is 8.56. The van der Waals surface area contributed by atoms with Crippen LogP contribution in [0.1, 0.15) is 25.3 Å². The number of rotatable bonds is 3. The molecule has 98 valence electrons. The van der Waals surface area contributed by atoms with Gasteiger partial charge in [-0.25, -0.2) is 4.39 Å². The van der Waals surface area contributed by atoms with Crippen LogP contribution in [0.2, 0.25) is 5.02 Å². The van der Waals surface area contributed by atoms with Gasteiger partial charge in [0.25, 0.3) is 0 Å². The zero-order chi connectivity index (χ0) is 13.1. The van der Waals surface area contributed by atoms with Crippen molar-refractivity contribution in [1.29, 1.82) is 0 Å². The van der Waals surface area contributed by atoms with E-state index < -0.39 is 0 Å². The van der Waals surface area contributed by atoms with E-state index in [-0.39, 0.29) is 17.5 Å². The Bertz CT molecular complexity index is 441. The van der Waals surface area contributed by atoms with Gasteiger partial charge in [0.1, 0.15) is 11.6 Å². The Morgan fingerprint density at radius 2 is 2.11 bits per heavy atom. The molecule has 1 aliphatic heterocycles. The smallest absolute Gasteiger partial charge is 0.133 e. The van der Waals surface area contributed by atoms with Crippen molar-refractivity contribution in [1.82, 2.24) is 4.90 Å². The molecule has 2 rings (SSSR count). The van der Waals surface area contributed by atoms with Crippen molar-refractivity contribution in [3.05, 3.63) is 34.6 Å². The average Bonchev–Trinajstić information content (AvgIpc) is 2.33. The zero-order valence-corrected chi connectivity index (χ0v) is 11.2. The van der Waals surface area contributed by atoms with Gasteiger partial charge in [-0.05, 0) is 50.6 Å². The first-order valence-electron chi connectivity index (χ1n) is 6.23. The number of piperidine rings is 1. The highest BCUT2D eigenvalue weighted by molar-refractivity contribution is 6.31. The lowest BCUT2D eigenvalue weighted by molar-refractivity contribution is -0.122. The topological polar surface area (TPSA) is 20.3 Å². The van der Waals surface area contributed by atoms with Crippen LogP contribution < -0.4 is 0 Å². The van der Waals surface area contributed by atoms with Crippen LogP contribution in [-0.4, -0.2) is 23.8 Å². The maximum atomic E-state index is 12.9. The lowest BCUT2D eigenvalue weighted by Gasteiger charge is -2.30. The number of carbonyl (C=O) groups excluding carboxylic acids is 1. The van der Waals surface area contributed by atoms with Crippen molar-refractivity contribution in [3.63, 3.8) is 0 Å². The quantitative estimate of drug-likeness (QED) is 0.839. The first kappa shape index (κ1) is 13.5. The van der Waals surface area contributed by atoms with E-state index >= 15 is 0 Å². The largest absolute Gasteiger partial charge is 0.300 e. The minimum atomic E-state index is -0.306. The molecule has 1 saturated heterocycles. The molecule has 0 aromatic heterocycles. The number of hydrogen-bond acceptors (Lipinski definition) is 2. The van der Waals surface area contributed by atoms with Gasteiger partial charge in [0.05, 0.1) is 0 Å². The Balaban J connectivity index is 1.93. The Kier molecular flexibility index (Phi) is 4.36. The summed E-state index contributed by atoms with van der Waals surface area (Å²) in [5, 5.41) is 0.476. The van der Waals surface area contributed by atoms with E-state index in [9.17, 15) is 9.18 Å². The predicted octanol–water partition coefficient (Wildman–Crippen LogP) is 3.28. The Labute approximate surface area is 112 Å². The molecule has 0 radical (unpaired) electrons. The minimum Gasteiger partial charge on any atom is -0.300 e. The lowest BCUT2D eigenvalue weighted by atomic mass is 9.93. The van der Waals surface area contributed by atoms with E-state index in [1.807, 2.05) is 0 Å². The highest BCUT2D eigenvalue weighted by Gasteiger charge is 2.22. The molecule has 2 nitrogen and oxygen atoms in total. The monoisotopic (exact) mass is 269 g/mol. The van der Waals surface area contributed by atoms with Gasteiger partial charge in [0.15, 0.2) is 0 Å². The number of Topliss-reactive ketones (excluding diaryl/α,β-unsaturated/α-hetero) is 1. The van der Waals surface area contributed by atoms with Crippen LogP contribution in [0, 0.1) is 11.7 Å². The van der Waals surface area contributed by atoms with Crippen LogP contribution in [-0.2, 0) is 11.3 Å². The average molecular weight is 270 g/mol. The maximum absolute atomic E-state index is 12.9. The number of benzene rings is 1. The van der Waals surface area contributed by atoms with E-state index in [1.165, 1.54) is 12.1 Å². The number of likely N-dealkylation sites (tertiary alicyclic amines) is 1. The summed E-state index contributed by atoms with van der Waals surface area (Å²) in [6.45, 7) is 4.19. The molecule has 0 amide bonds.